The standard InChI is InChI=1S/C20H19F3N2O4.C7H5ClF3NO2S2/c1-13(14-8-6-9-16(11-14)20(21,22)23)24-29-12-15-7-4-5-10-17(15)18(25-28-3)19(26)27-2;8-5-3-12-7(15-5)16(13,14)2-1-4(9)6(10)11/h4-11H,12H2,1-3H3;3H,1-2H2/b24-13+,25-18-;. The first kappa shape index (κ1) is 37.2. The highest BCUT2D eigenvalue weighted by Gasteiger charge is 2.30. The van der Waals surface area contributed by atoms with Crippen molar-refractivity contribution in [3.05, 3.63) is 93.2 Å². The summed E-state index contributed by atoms with van der Waals surface area (Å²) in [5, 5.41) is 7.58. The number of aromatic nitrogens is 1. The fraction of sp³-hybridized carbons (Fsp3) is 0.259. The van der Waals surface area contributed by atoms with Crippen LogP contribution in [0.2, 0.25) is 4.34 Å². The van der Waals surface area contributed by atoms with Gasteiger partial charge in [0.1, 0.15) is 18.1 Å². The third-order valence-electron chi connectivity index (χ3n) is 5.38. The Morgan fingerprint density at radius 3 is 2.31 bits per heavy atom. The van der Waals surface area contributed by atoms with E-state index in [0.717, 1.165) is 18.3 Å². The van der Waals surface area contributed by atoms with Crippen molar-refractivity contribution >= 4 is 50.2 Å². The number of rotatable bonds is 11. The van der Waals surface area contributed by atoms with E-state index in [0.29, 0.717) is 22.5 Å². The molecule has 3 aromatic rings. The summed E-state index contributed by atoms with van der Waals surface area (Å²) in [5.41, 5.74) is 0.722. The van der Waals surface area contributed by atoms with Gasteiger partial charge in [-0.05, 0) is 24.6 Å². The number of thiazole rings is 1. The van der Waals surface area contributed by atoms with Crippen molar-refractivity contribution in [2.45, 2.75) is 30.5 Å². The van der Waals surface area contributed by atoms with E-state index in [2.05, 4.69) is 15.3 Å². The Morgan fingerprint density at radius 1 is 1.04 bits per heavy atom. The summed E-state index contributed by atoms with van der Waals surface area (Å²) in [4.78, 5) is 25.4. The molecular weight excluding hydrogens is 676 g/mol. The molecule has 0 fully saturated rings. The van der Waals surface area contributed by atoms with Crippen LogP contribution in [0.15, 0.2) is 81.3 Å². The van der Waals surface area contributed by atoms with E-state index >= 15 is 0 Å². The first-order valence-electron chi connectivity index (χ1n) is 12.3. The number of benzene rings is 2. The number of ether oxygens (including phenoxy) is 1. The minimum Gasteiger partial charge on any atom is -0.464 e. The Balaban J connectivity index is 0.000000372. The molecule has 1 aromatic heterocycles. The number of hydrogen-bond acceptors (Lipinski definition) is 10. The third-order valence-corrected chi connectivity index (χ3v) is 8.68. The molecule has 0 atom stereocenters. The normalized spacial score (nSPS) is 12.1. The highest BCUT2D eigenvalue weighted by molar-refractivity contribution is 7.93. The number of alkyl halides is 3. The molecule has 0 aliphatic heterocycles. The van der Waals surface area contributed by atoms with E-state index in [1.807, 2.05) is 0 Å². The van der Waals surface area contributed by atoms with Crippen LogP contribution >= 0.6 is 22.9 Å². The zero-order valence-corrected chi connectivity index (χ0v) is 26.0. The lowest BCUT2D eigenvalue weighted by molar-refractivity contribution is -0.137. The van der Waals surface area contributed by atoms with Gasteiger partial charge in [-0.15, -0.1) is 0 Å². The van der Waals surface area contributed by atoms with Gasteiger partial charge in [0.05, 0.1) is 30.3 Å². The van der Waals surface area contributed by atoms with Crippen LogP contribution < -0.4 is 0 Å². The first-order chi connectivity index (χ1) is 21.1. The van der Waals surface area contributed by atoms with Crippen molar-refractivity contribution in [1.82, 2.24) is 4.98 Å². The Bertz CT molecular complexity index is 1670. The van der Waals surface area contributed by atoms with E-state index in [-0.39, 0.29) is 32.3 Å². The maximum Gasteiger partial charge on any atom is 0.416 e. The molecule has 3 rings (SSSR count). The molecule has 0 aliphatic rings. The van der Waals surface area contributed by atoms with E-state index in [1.54, 1.807) is 24.3 Å². The molecular formula is C27H24ClF6N3O6S2. The molecule has 0 spiro atoms. The molecule has 0 bridgehead atoms. The number of esters is 1. The quantitative estimate of drug-likeness (QED) is 0.0899. The van der Waals surface area contributed by atoms with Gasteiger partial charge in [-0.3, -0.25) is 0 Å². The minimum absolute atomic E-state index is 0.0484. The number of halogens is 7. The molecule has 0 radical (unpaired) electrons. The van der Waals surface area contributed by atoms with Gasteiger partial charge < -0.3 is 14.4 Å². The molecule has 0 saturated carbocycles. The van der Waals surface area contributed by atoms with Crippen molar-refractivity contribution < 1.29 is 54.0 Å². The number of methoxy groups -OCH3 is 1. The Morgan fingerprint density at radius 2 is 1.73 bits per heavy atom. The zero-order chi connectivity index (χ0) is 33.8. The van der Waals surface area contributed by atoms with Crippen LogP contribution in [0.4, 0.5) is 26.3 Å². The fourth-order valence-corrected chi connectivity index (χ4v) is 5.87. The molecule has 0 amide bonds. The second-order valence-corrected chi connectivity index (χ2v) is 12.4. The summed E-state index contributed by atoms with van der Waals surface area (Å²) >= 11 is 6.16. The van der Waals surface area contributed by atoms with Gasteiger partial charge in [-0.25, -0.2) is 22.6 Å². The monoisotopic (exact) mass is 699 g/mol. The maximum absolute atomic E-state index is 12.9. The predicted molar refractivity (Wildman–Crippen MR) is 155 cm³/mol. The number of hydrogen-bond donors (Lipinski definition) is 0. The van der Waals surface area contributed by atoms with Crippen LogP contribution in [0.5, 0.6) is 0 Å². The predicted octanol–water partition coefficient (Wildman–Crippen LogP) is 7.21. The van der Waals surface area contributed by atoms with Crippen LogP contribution in [0.3, 0.4) is 0 Å². The number of nitrogens with zero attached hydrogens (tertiary/aromatic N) is 3. The molecule has 18 heteroatoms. The van der Waals surface area contributed by atoms with E-state index in [4.69, 9.17) is 26.0 Å². The molecule has 0 aliphatic carbocycles. The number of sulfone groups is 1. The number of oxime groups is 2. The van der Waals surface area contributed by atoms with E-state index < -0.39 is 51.6 Å². The summed E-state index contributed by atoms with van der Waals surface area (Å²) in [6.45, 7) is 1.49. The second kappa shape index (κ2) is 16.9. The van der Waals surface area contributed by atoms with E-state index in [1.165, 1.54) is 33.3 Å². The topological polar surface area (TPSA) is 117 Å². The van der Waals surface area contributed by atoms with Crippen LogP contribution in [0, 0.1) is 0 Å². The van der Waals surface area contributed by atoms with Gasteiger partial charge >= 0.3 is 18.2 Å². The number of carbonyl (C=O) groups excluding carboxylic acids is 1. The SMILES string of the molecule is CO/N=C(\C(=O)OC)c1ccccc1CO/N=C(\C)c1cccc(C(F)(F)F)c1.O=S(=O)(CCC(F)=C(F)F)c1ncc(Cl)s1. The summed E-state index contributed by atoms with van der Waals surface area (Å²) in [5.74, 6) is -3.19. The first-order valence-corrected chi connectivity index (χ1v) is 15.1. The van der Waals surface area contributed by atoms with Crippen molar-refractivity contribution in [1.29, 1.82) is 0 Å². The van der Waals surface area contributed by atoms with Gasteiger partial charge in [-0.1, -0.05) is 69.6 Å². The average Bonchev–Trinajstić information content (AvgIpc) is 3.45. The Kier molecular flexibility index (Phi) is 14.0. The van der Waals surface area contributed by atoms with Gasteiger partial charge in [0.2, 0.25) is 14.2 Å². The average molecular weight is 700 g/mol. The van der Waals surface area contributed by atoms with Gasteiger partial charge in [-0.2, -0.15) is 22.0 Å². The molecule has 1 heterocycles. The van der Waals surface area contributed by atoms with Crippen molar-refractivity contribution in [3.63, 3.8) is 0 Å². The highest BCUT2D eigenvalue weighted by atomic mass is 35.5. The minimum atomic E-state index is -4.44. The van der Waals surface area contributed by atoms with Crippen molar-refractivity contribution in [2.24, 2.45) is 10.3 Å². The van der Waals surface area contributed by atoms with Crippen LogP contribution in [-0.2, 0) is 41.8 Å². The van der Waals surface area contributed by atoms with Crippen LogP contribution in [0.25, 0.3) is 0 Å². The molecule has 2 aromatic carbocycles. The molecule has 9 nitrogen and oxygen atoms in total. The summed E-state index contributed by atoms with van der Waals surface area (Å²) in [6.07, 6.45) is -6.70. The van der Waals surface area contributed by atoms with Gasteiger partial charge in [0, 0.05) is 17.5 Å². The molecule has 0 saturated heterocycles. The lowest BCUT2D eigenvalue weighted by Crippen LogP contribution is -2.19. The van der Waals surface area contributed by atoms with Gasteiger partial charge in [0.15, 0.2) is 11.5 Å². The number of carbonyl (C=O) groups is 1. The number of allylic oxidation sites excluding steroid dienone is 1. The van der Waals surface area contributed by atoms with Crippen LogP contribution in [0.1, 0.15) is 35.6 Å². The Hall–Kier alpha value is -3.96. The summed E-state index contributed by atoms with van der Waals surface area (Å²) in [6, 6.07) is 11.5. The molecule has 0 unspecified atom stereocenters. The summed E-state index contributed by atoms with van der Waals surface area (Å²) in [7, 11) is -1.34. The fourth-order valence-electron chi connectivity index (χ4n) is 3.22. The largest absolute Gasteiger partial charge is 0.464 e. The molecule has 244 valence electrons. The summed E-state index contributed by atoms with van der Waals surface area (Å²) < 4.78 is 102. The lowest BCUT2D eigenvalue weighted by atomic mass is 10.0. The highest BCUT2D eigenvalue weighted by Crippen LogP contribution is 2.30. The lowest BCUT2D eigenvalue weighted by Gasteiger charge is -2.10. The van der Waals surface area contributed by atoms with E-state index in [9.17, 15) is 39.6 Å². The van der Waals surface area contributed by atoms with Gasteiger partial charge in [0.25, 0.3) is 0 Å². The van der Waals surface area contributed by atoms with Crippen LogP contribution in [-0.4, -0.2) is 50.8 Å². The maximum atomic E-state index is 12.9. The Labute approximate surface area is 262 Å². The third kappa shape index (κ3) is 11.5. The zero-order valence-electron chi connectivity index (χ0n) is 23.6. The van der Waals surface area contributed by atoms with Crippen molar-refractivity contribution in [3.8, 4) is 0 Å². The smallest absolute Gasteiger partial charge is 0.416 e. The van der Waals surface area contributed by atoms with Crippen molar-refractivity contribution in [2.75, 3.05) is 20.0 Å². The molecule has 0 N–H and O–H groups in total. The molecule has 45 heavy (non-hydrogen) atoms. The second-order valence-electron chi connectivity index (χ2n) is 8.46.